The summed E-state index contributed by atoms with van der Waals surface area (Å²) < 4.78 is 30.8. The van der Waals surface area contributed by atoms with Crippen LogP contribution in [0.1, 0.15) is 53.7 Å². The molecule has 0 aliphatic heterocycles. The summed E-state index contributed by atoms with van der Waals surface area (Å²) in [5, 5.41) is 16.2. The molecule has 4 aromatic rings. The number of rotatable bonds is 6. The van der Waals surface area contributed by atoms with Crippen molar-refractivity contribution < 1.29 is 18.7 Å². The van der Waals surface area contributed by atoms with Gasteiger partial charge in [-0.3, -0.25) is 21.0 Å². The molecule has 0 spiro atoms. The molecule has 1 saturated carbocycles. The highest BCUT2D eigenvalue weighted by atomic mass is 19.1. The molecule has 5 rings (SSSR count). The van der Waals surface area contributed by atoms with Gasteiger partial charge in [0.2, 0.25) is 0 Å². The van der Waals surface area contributed by atoms with Gasteiger partial charge in [0.25, 0.3) is 5.91 Å². The first kappa shape index (κ1) is 24.9. The van der Waals surface area contributed by atoms with E-state index in [-0.39, 0.29) is 40.0 Å². The number of fused-ring (bicyclic) bond motifs is 1. The van der Waals surface area contributed by atoms with E-state index in [0.29, 0.717) is 11.6 Å². The van der Waals surface area contributed by atoms with Crippen LogP contribution < -0.4 is 16.6 Å². The van der Waals surface area contributed by atoms with Crippen molar-refractivity contribution in [3.05, 3.63) is 77.5 Å². The molecule has 0 radical (unpaired) electrons. The van der Waals surface area contributed by atoms with Crippen LogP contribution in [0, 0.1) is 17.6 Å². The van der Waals surface area contributed by atoms with Crippen LogP contribution in [-0.4, -0.2) is 36.6 Å². The summed E-state index contributed by atoms with van der Waals surface area (Å²) in [6.45, 7) is 1.69. The maximum absolute atomic E-state index is 14.7. The molecule has 1 amide bonds. The monoisotopic (exact) mass is 507 g/mol. The zero-order valence-electron chi connectivity index (χ0n) is 20.2. The highest BCUT2D eigenvalue weighted by Crippen LogP contribution is 2.39. The summed E-state index contributed by atoms with van der Waals surface area (Å²) in [6, 6.07) is 5.67. The minimum absolute atomic E-state index is 0.0513. The first-order valence-corrected chi connectivity index (χ1v) is 12.0. The Morgan fingerprint density at radius 2 is 1.97 bits per heavy atom. The van der Waals surface area contributed by atoms with Crippen LogP contribution >= 0.6 is 0 Å². The minimum atomic E-state index is -0.859. The third-order valence-electron chi connectivity index (χ3n) is 6.88. The van der Waals surface area contributed by atoms with Crippen molar-refractivity contribution in [3.8, 4) is 11.1 Å². The fourth-order valence-electron chi connectivity index (χ4n) is 5.19. The normalized spacial score (nSPS) is 19.8. The van der Waals surface area contributed by atoms with Gasteiger partial charge in [-0.2, -0.15) is 5.10 Å². The molecule has 0 unspecified atom stereocenters. The van der Waals surface area contributed by atoms with Crippen molar-refractivity contribution in [1.82, 2.24) is 25.0 Å². The quantitative estimate of drug-likeness (QED) is 0.232. The van der Waals surface area contributed by atoms with E-state index in [2.05, 4.69) is 32.7 Å². The lowest BCUT2D eigenvalue weighted by Crippen LogP contribution is -2.40. The lowest BCUT2D eigenvalue weighted by molar-refractivity contribution is 0.102. The Morgan fingerprint density at radius 3 is 2.70 bits per heavy atom. The standard InChI is InChI=1S/C26H27F2N7O2/c1-14-6-16(10-17(7-14)34-29)18-2-4-30-12-23(18)33-26(37)22-3-5-35-25(32-22)19(11-31-35)24-20(27)8-15(13-36)9-21(24)28/h2-5,8-9,11-12,14,16-17,34,36H,6-7,10,13,29H2,1H3,(H,33,37)/t14-,16+,17-/m0/s1. The van der Waals surface area contributed by atoms with Crippen molar-refractivity contribution in [2.45, 2.75) is 44.8 Å². The van der Waals surface area contributed by atoms with E-state index in [4.69, 9.17) is 5.84 Å². The van der Waals surface area contributed by atoms with E-state index in [1.165, 1.54) is 23.0 Å². The van der Waals surface area contributed by atoms with Gasteiger partial charge in [-0.25, -0.2) is 18.3 Å². The van der Waals surface area contributed by atoms with Gasteiger partial charge in [-0.1, -0.05) is 6.92 Å². The molecule has 11 heteroatoms. The largest absolute Gasteiger partial charge is 0.392 e. The number of nitrogens with one attached hydrogen (secondary N) is 2. The summed E-state index contributed by atoms with van der Waals surface area (Å²) in [5.74, 6) is 4.17. The average molecular weight is 508 g/mol. The number of hydrazine groups is 1. The Hall–Kier alpha value is -3.80. The smallest absolute Gasteiger partial charge is 0.274 e. The lowest BCUT2D eigenvalue weighted by atomic mass is 9.76. The second-order valence-corrected chi connectivity index (χ2v) is 9.52. The molecular weight excluding hydrogens is 480 g/mol. The zero-order valence-corrected chi connectivity index (χ0v) is 20.2. The number of aromatic nitrogens is 4. The number of anilines is 1. The highest BCUT2D eigenvalue weighted by molar-refractivity contribution is 6.03. The molecule has 1 aliphatic carbocycles. The molecular formula is C26H27F2N7O2. The van der Waals surface area contributed by atoms with Crippen LogP contribution in [0.15, 0.2) is 49.1 Å². The van der Waals surface area contributed by atoms with E-state index < -0.39 is 24.1 Å². The lowest BCUT2D eigenvalue weighted by Gasteiger charge is -2.34. The molecule has 3 atom stereocenters. The van der Waals surface area contributed by atoms with E-state index >= 15 is 0 Å². The summed E-state index contributed by atoms with van der Waals surface area (Å²) in [7, 11) is 0. The number of nitrogens with two attached hydrogens (primary N) is 1. The third-order valence-corrected chi connectivity index (χ3v) is 6.88. The van der Waals surface area contributed by atoms with Gasteiger partial charge in [0.05, 0.1) is 35.8 Å². The molecule has 3 heterocycles. The Kier molecular flexibility index (Phi) is 6.92. The number of hydrogen-bond acceptors (Lipinski definition) is 7. The van der Waals surface area contributed by atoms with Gasteiger partial charge in [0.15, 0.2) is 5.65 Å². The van der Waals surface area contributed by atoms with Gasteiger partial charge in [0, 0.05) is 18.4 Å². The maximum Gasteiger partial charge on any atom is 0.274 e. The second kappa shape index (κ2) is 10.3. The second-order valence-electron chi connectivity index (χ2n) is 9.52. The molecule has 3 aromatic heterocycles. The summed E-state index contributed by atoms with van der Waals surface area (Å²) >= 11 is 0. The number of carbonyl (C=O) groups is 1. The van der Waals surface area contributed by atoms with Crippen molar-refractivity contribution in [2.24, 2.45) is 11.8 Å². The van der Waals surface area contributed by atoms with E-state index in [0.717, 1.165) is 37.0 Å². The number of hydrogen-bond donors (Lipinski definition) is 4. The molecule has 5 N–H and O–H groups in total. The summed E-state index contributed by atoms with van der Waals surface area (Å²) in [4.78, 5) is 21.8. The van der Waals surface area contributed by atoms with Crippen LogP contribution in [0.25, 0.3) is 16.8 Å². The number of amides is 1. The maximum atomic E-state index is 14.7. The number of benzene rings is 1. The minimum Gasteiger partial charge on any atom is -0.392 e. The van der Waals surface area contributed by atoms with E-state index in [1.54, 1.807) is 12.4 Å². The highest BCUT2D eigenvalue weighted by Gasteiger charge is 2.29. The third kappa shape index (κ3) is 4.93. The molecule has 37 heavy (non-hydrogen) atoms. The molecule has 1 aromatic carbocycles. The number of halogens is 2. The molecule has 1 fully saturated rings. The topological polar surface area (TPSA) is 130 Å². The predicted molar refractivity (Wildman–Crippen MR) is 133 cm³/mol. The fourth-order valence-corrected chi connectivity index (χ4v) is 5.19. The number of carbonyl (C=O) groups excluding carboxylic acids is 1. The predicted octanol–water partition coefficient (Wildman–Crippen LogP) is 3.55. The van der Waals surface area contributed by atoms with Crippen LogP contribution in [0.5, 0.6) is 0 Å². The molecule has 192 valence electrons. The summed E-state index contributed by atoms with van der Waals surface area (Å²) in [5.41, 5.74) is 4.46. The van der Waals surface area contributed by atoms with Gasteiger partial charge in [-0.05, 0) is 66.5 Å². The van der Waals surface area contributed by atoms with Crippen LogP contribution in [0.4, 0.5) is 14.5 Å². The Labute approximate surface area is 211 Å². The van der Waals surface area contributed by atoms with Crippen molar-refractivity contribution in [1.29, 1.82) is 0 Å². The van der Waals surface area contributed by atoms with E-state index in [9.17, 15) is 18.7 Å². The van der Waals surface area contributed by atoms with Gasteiger partial charge < -0.3 is 10.4 Å². The van der Waals surface area contributed by atoms with Crippen molar-refractivity contribution in [3.63, 3.8) is 0 Å². The van der Waals surface area contributed by atoms with Crippen LogP contribution in [0.2, 0.25) is 0 Å². The Bertz CT molecular complexity index is 1440. The first-order valence-electron chi connectivity index (χ1n) is 12.0. The summed E-state index contributed by atoms with van der Waals surface area (Å²) in [6.07, 6.45) is 8.88. The van der Waals surface area contributed by atoms with Crippen LogP contribution in [0.3, 0.4) is 0 Å². The van der Waals surface area contributed by atoms with Crippen molar-refractivity contribution >= 4 is 17.2 Å². The van der Waals surface area contributed by atoms with E-state index in [1.807, 2.05) is 6.07 Å². The number of nitrogens with zero attached hydrogens (tertiary/aromatic N) is 4. The average Bonchev–Trinajstić information content (AvgIpc) is 3.31. The van der Waals surface area contributed by atoms with Gasteiger partial charge >= 0.3 is 0 Å². The van der Waals surface area contributed by atoms with Gasteiger partial charge in [-0.15, -0.1) is 0 Å². The zero-order chi connectivity index (χ0) is 26.1. The number of pyridine rings is 1. The molecule has 0 saturated heterocycles. The molecule has 0 bridgehead atoms. The molecule has 9 nitrogen and oxygen atoms in total. The Morgan fingerprint density at radius 1 is 1.19 bits per heavy atom. The number of aliphatic hydroxyl groups is 1. The number of aliphatic hydroxyl groups excluding tert-OH is 1. The SMILES string of the molecule is C[C@@H]1C[C@H](NN)C[C@H](c2ccncc2NC(=O)c2ccn3ncc(-c4c(F)cc(CO)cc4F)c3n2)C1. The van der Waals surface area contributed by atoms with Gasteiger partial charge in [0.1, 0.15) is 17.3 Å². The fraction of sp³-hybridized carbons (Fsp3) is 0.308. The molecule has 1 aliphatic rings. The van der Waals surface area contributed by atoms with Crippen molar-refractivity contribution in [2.75, 3.05) is 5.32 Å². The van der Waals surface area contributed by atoms with Crippen LogP contribution in [-0.2, 0) is 6.61 Å². The first-order chi connectivity index (χ1) is 17.9. The Balaban J connectivity index is 1.46.